The van der Waals surface area contributed by atoms with E-state index in [2.05, 4.69) is 6.58 Å². The SMILES string of the molecule is C=CCCCCCC(N)CC1CC2CCC1C2. The molecular formula is C16H29N. The molecule has 0 radical (unpaired) electrons. The molecule has 2 fully saturated rings. The van der Waals surface area contributed by atoms with Crippen LogP contribution in [0.2, 0.25) is 0 Å². The molecule has 2 N–H and O–H groups in total. The summed E-state index contributed by atoms with van der Waals surface area (Å²) >= 11 is 0. The van der Waals surface area contributed by atoms with Crippen LogP contribution in [-0.4, -0.2) is 6.04 Å². The molecule has 0 aromatic carbocycles. The molecule has 0 spiro atoms. The number of hydrogen-bond donors (Lipinski definition) is 1. The minimum atomic E-state index is 0.475. The van der Waals surface area contributed by atoms with E-state index in [1.54, 1.807) is 0 Å². The van der Waals surface area contributed by atoms with E-state index < -0.39 is 0 Å². The van der Waals surface area contributed by atoms with E-state index in [1.807, 2.05) is 6.08 Å². The van der Waals surface area contributed by atoms with Crippen LogP contribution in [0.1, 0.15) is 64.2 Å². The van der Waals surface area contributed by atoms with Gasteiger partial charge in [-0.05, 0) is 62.7 Å². The lowest BCUT2D eigenvalue weighted by molar-refractivity contribution is 0.288. The highest BCUT2D eigenvalue weighted by molar-refractivity contribution is 4.91. The maximum atomic E-state index is 6.28. The Hall–Kier alpha value is -0.300. The van der Waals surface area contributed by atoms with Crippen LogP contribution >= 0.6 is 0 Å². The lowest BCUT2D eigenvalue weighted by atomic mass is 9.83. The van der Waals surface area contributed by atoms with Crippen molar-refractivity contribution in [2.75, 3.05) is 0 Å². The Kier molecular flexibility index (Phi) is 5.09. The van der Waals surface area contributed by atoms with Gasteiger partial charge < -0.3 is 5.73 Å². The lowest BCUT2D eigenvalue weighted by Crippen LogP contribution is -2.26. The molecule has 2 aliphatic carbocycles. The van der Waals surface area contributed by atoms with E-state index in [4.69, 9.17) is 5.73 Å². The zero-order chi connectivity index (χ0) is 12.1. The molecule has 2 saturated carbocycles. The number of hydrogen-bond acceptors (Lipinski definition) is 1. The van der Waals surface area contributed by atoms with Crippen molar-refractivity contribution in [1.29, 1.82) is 0 Å². The van der Waals surface area contributed by atoms with Gasteiger partial charge in [-0.15, -0.1) is 6.58 Å². The van der Waals surface area contributed by atoms with E-state index in [1.165, 1.54) is 64.2 Å². The van der Waals surface area contributed by atoms with Gasteiger partial charge in [0.2, 0.25) is 0 Å². The zero-order valence-corrected chi connectivity index (χ0v) is 11.2. The number of nitrogens with two attached hydrogens (primary N) is 1. The average molecular weight is 235 g/mol. The van der Waals surface area contributed by atoms with E-state index in [9.17, 15) is 0 Å². The Morgan fingerprint density at radius 2 is 2.06 bits per heavy atom. The van der Waals surface area contributed by atoms with Crippen LogP contribution in [-0.2, 0) is 0 Å². The summed E-state index contributed by atoms with van der Waals surface area (Å²) < 4.78 is 0. The normalized spacial score (nSPS) is 32.9. The van der Waals surface area contributed by atoms with Crippen LogP contribution < -0.4 is 5.73 Å². The molecular weight excluding hydrogens is 206 g/mol. The van der Waals surface area contributed by atoms with Gasteiger partial charge in [0, 0.05) is 6.04 Å². The monoisotopic (exact) mass is 235 g/mol. The molecule has 4 unspecified atom stereocenters. The van der Waals surface area contributed by atoms with Gasteiger partial charge in [-0.2, -0.15) is 0 Å². The van der Waals surface area contributed by atoms with Gasteiger partial charge in [0.15, 0.2) is 0 Å². The Morgan fingerprint density at radius 3 is 2.71 bits per heavy atom. The maximum Gasteiger partial charge on any atom is 0.00415 e. The van der Waals surface area contributed by atoms with Gasteiger partial charge in [-0.1, -0.05) is 25.3 Å². The van der Waals surface area contributed by atoms with Crippen molar-refractivity contribution in [1.82, 2.24) is 0 Å². The molecule has 0 amide bonds. The van der Waals surface area contributed by atoms with Crippen LogP contribution in [0.5, 0.6) is 0 Å². The van der Waals surface area contributed by atoms with E-state index in [0.29, 0.717) is 6.04 Å². The van der Waals surface area contributed by atoms with Gasteiger partial charge in [0.05, 0.1) is 0 Å². The number of rotatable bonds is 8. The fourth-order valence-corrected chi connectivity index (χ4v) is 4.04. The summed E-state index contributed by atoms with van der Waals surface area (Å²) in [6.07, 6.45) is 15.7. The second-order valence-corrected chi connectivity index (χ2v) is 6.36. The van der Waals surface area contributed by atoms with Crippen molar-refractivity contribution in [2.24, 2.45) is 23.5 Å². The van der Waals surface area contributed by atoms with Gasteiger partial charge in [0.25, 0.3) is 0 Å². The minimum Gasteiger partial charge on any atom is -0.328 e. The molecule has 0 aromatic rings. The molecule has 1 heteroatoms. The summed E-state index contributed by atoms with van der Waals surface area (Å²) in [6, 6.07) is 0.475. The highest BCUT2D eigenvalue weighted by Gasteiger charge is 2.39. The highest BCUT2D eigenvalue weighted by Crippen LogP contribution is 2.49. The van der Waals surface area contributed by atoms with Gasteiger partial charge in [0.1, 0.15) is 0 Å². The first-order valence-electron chi connectivity index (χ1n) is 7.66. The van der Waals surface area contributed by atoms with Crippen molar-refractivity contribution >= 4 is 0 Å². The second kappa shape index (κ2) is 6.58. The first-order valence-corrected chi connectivity index (χ1v) is 7.66. The first kappa shape index (κ1) is 13.1. The van der Waals surface area contributed by atoms with Crippen molar-refractivity contribution in [3.8, 4) is 0 Å². The molecule has 0 aliphatic heterocycles. The Morgan fingerprint density at radius 1 is 1.18 bits per heavy atom. The van der Waals surface area contributed by atoms with Crippen molar-refractivity contribution in [3.63, 3.8) is 0 Å². The molecule has 98 valence electrons. The van der Waals surface area contributed by atoms with Crippen LogP contribution in [0.25, 0.3) is 0 Å². The predicted octanol–water partition coefficient (Wildman–Crippen LogP) is 4.28. The summed E-state index contributed by atoms with van der Waals surface area (Å²) in [4.78, 5) is 0. The van der Waals surface area contributed by atoms with Gasteiger partial charge in [-0.3, -0.25) is 0 Å². The van der Waals surface area contributed by atoms with E-state index >= 15 is 0 Å². The van der Waals surface area contributed by atoms with E-state index in [-0.39, 0.29) is 0 Å². The predicted molar refractivity (Wildman–Crippen MR) is 74.8 cm³/mol. The third-order valence-corrected chi connectivity index (χ3v) is 4.97. The second-order valence-electron chi connectivity index (χ2n) is 6.36. The molecule has 0 heterocycles. The first-order chi connectivity index (χ1) is 8.29. The number of allylic oxidation sites excluding steroid dienone is 1. The van der Waals surface area contributed by atoms with E-state index in [0.717, 1.165) is 17.8 Å². The fourth-order valence-electron chi connectivity index (χ4n) is 4.04. The molecule has 0 saturated heterocycles. The number of fused-ring (bicyclic) bond motifs is 2. The van der Waals surface area contributed by atoms with Gasteiger partial charge >= 0.3 is 0 Å². The van der Waals surface area contributed by atoms with Crippen LogP contribution in [0.4, 0.5) is 0 Å². The molecule has 2 bridgehead atoms. The molecule has 17 heavy (non-hydrogen) atoms. The third kappa shape index (κ3) is 3.84. The Balaban J connectivity index is 1.55. The Bertz CT molecular complexity index is 236. The molecule has 2 rings (SSSR count). The number of unbranched alkanes of at least 4 members (excludes halogenated alkanes) is 3. The molecule has 4 atom stereocenters. The summed E-state index contributed by atoms with van der Waals surface area (Å²) in [7, 11) is 0. The standard InChI is InChI=1S/C16H29N/c1-2-3-4-5-6-7-16(17)12-15-11-13-8-9-14(15)10-13/h2,13-16H,1,3-12,17H2. The average Bonchev–Trinajstić information content (AvgIpc) is 2.90. The zero-order valence-electron chi connectivity index (χ0n) is 11.2. The fraction of sp³-hybridized carbons (Fsp3) is 0.875. The lowest BCUT2D eigenvalue weighted by Gasteiger charge is -2.24. The van der Waals surface area contributed by atoms with Crippen LogP contribution in [0.3, 0.4) is 0 Å². The largest absolute Gasteiger partial charge is 0.328 e. The summed E-state index contributed by atoms with van der Waals surface area (Å²) in [5.41, 5.74) is 6.28. The molecule has 2 aliphatic rings. The Labute approximate surface area is 107 Å². The summed E-state index contributed by atoms with van der Waals surface area (Å²) in [5.74, 6) is 3.11. The smallest absolute Gasteiger partial charge is 0.00415 e. The summed E-state index contributed by atoms with van der Waals surface area (Å²) in [6.45, 7) is 3.76. The van der Waals surface area contributed by atoms with Crippen LogP contribution in [0.15, 0.2) is 12.7 Å². The topological polar surface area (TPSA) is 26.0 Å². The maximum absolute atomic E-state index is 6.28. The van der Waals surface area contributed by atoms with Crippen LogP contribution in [0, 0.1) is 17.8 Å². The third-order valence-electron chi connectivity index (χ3n) is 4.97. The van der Waals surface area contributed by atoms with Crippen molar-refractivity contribution in [3.05, 3.63) is 12.7 Å². The van der Waals surface area contributed by atoms with Gasteiger partial charge in [-0.25, -0.2) is 0 Å². The highest BCUT2D eigenvalue weighted by atomic mass is 14.6. The molecule has 1 nitrogen and oxygen atoms in total. The summed E-state index contributed by atoms with van der Waals surface area (Å²) in [5, 5.41) is 0. The van der Waals surface area contributed by atoms with Crippen molar-refractivity contribution < 1.29 is 0 Å². The molecule has 0 aromatic heterocycles. The quantitative estimate of drug-likeness (QED) is 0.493. The minimum absolute atomic E-state index is 0.475. The van der Waals surface area contributed by atoms with Crippen molar-refractivity contribution in [2.45, 2.75) is 70.3 Å².